The molecule has 0 radical (unpaired) electrons. The summed E-state index contributed by atoms with van der Waals surface area (Å²) in [6, 6.07) is 4.47. The first-order valence-corrected chi connectivity index (χ1v) is 7.52. The third kappa shape index (κ3) is 3.44. The number of thiocarbonyl (C=S) groups is 1. The molecule has 19 heavy (non-hydrogen) atoms. The molecule has 0 aliphatic heterocycles. The van der Waals surface area contributed by atoms with Crippen molar-refractivity contribution >= 4 is 23.0 Å². The smallest absolute Gasteiger partial charge is 0.139 e. The number of anilines is 1. The average Bonchev–Trinajstić information content (AvgIpc) is 2.89. The van der Waals surface area contributed by atoms with Gasteiger partial charge in [0.15, 0.2) is 0 Å². The van der Waals surface area contributed by atoms with E-state index < -0.39 is 0 Å². The van der Waals surface area contributed by atoms with Crippen LogP contribution in [0, 0.1) is 5.92 Å². The molecule has 2 N–H and O–H groups in total. The third-order valence-electron chi connectivity index (χ3n) is 3.65. The van der Waals surface area contributed by atoms with Gasteiger partial charge < -0.3 is 10.6 Å². The number of hydrogen-bond acceptors (Lipinski definition) is 3. The number of nitrogens with two attached hydrogens (primary N) is 1. The van der Waals surface area contributed by atoms with E-state index in [0.29, 0.717) is 16.9 Å². The standard InChI is InChI=1S/C15H23N3S/c1-11(2)10-18(12-6-3-4-7-12)15-13(14(16)19)8-5-9-17-15/h5,8-9,11-12H,3-4,6-7,10H2,1-2H3,(H2,16,19). The van der Waals surface area contributed by atoms with Crippen molar-refractivity contribution in [2.24, 2.45) is 11.7 Å². The van der Waals surface area contributed by atoms with Crippen LogP contribution in [-0.2, 0) is 0 Å². The molecule has 0 bridgehead atoms. The van der Waals surface area contributed by atoms with Gasteiger partial charge in [-0.1, -0.05) is 38.9 Å². The lowest BCUT2D eigenvalue weighted by atomic mass is 10.1. The van der Waals surface area contributed by atoms with Crippen LogP contribution in [0.5, 0.6) is 0 Å². The van der Waals surface area contributed by atoms with Crippen molar-refractivity contribution in [1.82, 2.24) is 4.98 Å². The zero-order chi connectivity index (χ0) is 13.8. The predicted molar refractivity (Wildman–Crippen MR) is 84.6 cm³/mol. The number of hydrogen-bond donors (Lipinski definition) is 1. The average molecular weight is 277 g/mol. The Kier molecular flexibility index (Phi) is 4.75. The largest absolute Gasteiger partial charge is 0.389 e. The SMILES string of the molecule is CC(C)CN(c1ncccc1C(N)=S)C1CCCC1. The molecular formula is C15H23N3S. The van der Waals surface area contributed by atoms with E-state index in [1.54, 1.807) is 0 Å². The fourth-order valence-corrected chi connectivity index (χ4v) is 3.00. The lowest BCUT2D eigenvalue weighted by Crippen LogP contribution is -2.38. The maximum Gasteiger partial charge on any atom is 0.139 e. The molecule has 1 aliphatic carbocycles. The predicted octanol–water partition coefficient (Wildman–Crippen LogP) is 3.12. The molecule has 0 saturated heterocycles. The summed E-state index contributed by atoms with van der Waals surface area (Å²) in [5, 5.41) is 0. The number of nitrogens with zero attached hydrogens (tertiary/aromatic N) is 2. The van der Waals surface area contributed by atoms with Crippen LogP contribution >= 0.6 is 12.2 Å². The summed E-state index contributed by atoms with van der Waals surface area (Å²) in [5.41, 5.74) is 6.75. The van der Waals surface area contributed by atoms with E-state index in [1.165, 1.54) is 25.7 Å². The van der Waals surface area contributed by atoms with Gasteiger partial charge in [0.25, 0.3) is 0 Å². The molecule has 1 heterocycles. The summed E-state index contributed by atoms with van der Waals surface area (Å²) in [5.74, 6) is 1.57. The van der Waals surface area contributed by atoms with Crippen LogP contribution in [0.4, 0.5) is 5.82 Å². The first kappa shape index (κ1) is 14.3. The summed E-state index contributed by atoms with van der Waals surface area (Å²) in [6.45, 7) is 5.49. The highest BCUT2D eigenvalue weighted by Crippen LogP contribution is 2.29. The van der Waals surface area contributed by atoms with Crippen molar-refractivity contribution in [3.63, 3.8) is 0 Å². The van der Waals surface area contributed by atoms with Crippen LogP contribution in [0.2, 0.25) is 0 Å². The Morgan fingerprint density at radius 3 is 2.74 bits per heavy atom. The van der Waals surface area contributed by atoms with Gasteiger partial charge in [-0.25, -0.2) is 4.98 Å². The van der Waals surface area contributed by atoms with E-state index in [1.807, 2.05) is 18.3 Å². The summed E-state index contributed by atoms with van der Waals surface area (Å²) >= 11 is 5.17. The minimum atomic E-state index is 0.440. The highest BCUT2D eigenvalue weighted by atomic mass is 32.1. The Bertz CT molecular complexity index is 439. The maximum absolute atomic E-state index is 5.85. The fraction of sp³-hybridized carbons (Fsp3) is 0.600. The van der Waals surface area contributed by atoms with E-state index >= 15 is 0 Å². The van der Waals surface area contributed by atoms with E-state index in [9.17, 15) is 0 Å². The zero-order valence-corrected chi connectivity index (χ0v) is 12.6. The Labute approximate surface area is 121 Å². The van der Waals surface area contributed by atoms with Crippen LogP contribution in [0.15, 0.2) is 18.3 Å². The number of rotatable bonds is 5. The van der Waals surface area contributed by atoms with Crippen LogP contribution in [0.1, 0.15) is 45.1 Å². The Hall–Kier alpha value is -1.16. The van der Waals surface area contributed by atoms with E-state index in [-0.39, 0.29) is 0 Å². The lowest BCUT2D eigenvalue weighted by molar-refractivity contribution is 0.531. The highest BCUT2D eigenvalue weighted by molar-refractivity contribution is 7.80. The second-order valence-corrected chi connectivity index (χ2v) is 6.16. The molecule has 0 unspecified atom stereocenters. The molecule has 1 fully saturated rings. The fourth-order valence-electron chi connectivity index (χ4n) is 2.84. The molecule has 0 amide bonds. The molecule has 0 atom stereocenters. The van der Waals surface area contributed by atoms with Crippen LogP contribution in [-0.4, -0.2) is 22.6 Å². The first-order chi connectivity index (χ1) is 9.09. The quantitative estimate of drug-likeness (QED) is 0.840. The van der Waals surface area contributed by atoms with Gasteiger partial charge in [0.1, 0.15) is 10.8 Å². The summed E-state index contributed by atoms with van der Waals surface area (Å²) in [4.78, 5) is 7.42. The molecule has 1 saturated carbocycles. The van der Waals surface area contributed by atoms with Crippen molar-refractivity contribution in [2.75, 3.05) is 11.4 Å². The van der Waals surface area contributed by atoms with Gasteiger partial charge in [0.05, 0.1) is 5.56 Å². The second kappa shape index (κ2) is 6.33. The van der Waals surface area contributed by atoms with E-state index in [4.69, 9.17) is 18.0 Å². The molecular weight excluding hydrogens is 254 g/mol. The Balaban J connectivity index is 2.34. The minimum Gasteiger partial charge on any atom is -0.389 e. The van der Waals surface area contributed by atoms with Crippen LogP contribution in [0.25, 0.3) is 0 Å². The lowest BCUT2D eigenvalue weighted by Gasteiger charge is -2.33. The molecule has 1 aromatic rings. The van der Waals surface area contributed by atoms with Crippen molar-refractivity contribution in [1.29, 1.82) is 0 Å². The monoisotopic (exact) mass is 277 g/mol. The molecule has 4 heteroatoms. The summed E-state index contributed by atoms with van der Waals surface area (Å²) in [6.07, 6.45) is 6.96. The van der Waals surface area contributed by atoms with Gasteiger partial charge in [-0.3, -0.25) is 0 Å². The van der Waals surface area contributed by atoms with Crippen molar-refractivity contribution < 1.29 is 0 Å². The zero-order valence-electron chi connectivity index (χ0n) is 11.8. The Morgan fingerprint density at radius 2 is 2.16 bits per heavy atom. The Morgan fingerprint density at radius 1 is 1.47 bits per heavy atom. The third-order valence-corrected chi connectivity index (χ3v) is 3.87. The van der Waals surface area contributed by atoms with Crippen LogP contribution < -0.4 is 10.6 Å². The molecule has 1 aromatic heterocycles. The number of aromatic nitrogens is 1. The van der Waals surface area contributed by atoms with Crippen molar-refractivity contribution in [3.8, 4) is 0 Å². The molecule has 0 spiro atoms. The van der Waals surface area contributed by atoms with Crippen molar-refractivity contribution in [2.45, 2.75) is 45.6 Å². The van der Waals surface area contributed by atoms with E-state index in [2.05, 4.69) is 23.7 Å². The normalized spacial score (nSPS) is 15.9. The maximum atomic E-state index is 5.85. The first-order valence-electron chi connectivity index (χ1n) is 7.11. The van der Waals surface area contributed by atoms with E-state index in [0.717, 1.165) is 17.9 Å². The van der Waals surface area contributed by atoms with Gasteiger partial charge in [-0.2, -0.15) is 0 Å². The summed E-state index contributed by atoms with van der Waals surface area (Å²) in [7, 11) is 0. The molecule has 2 rings (SSSR count). The van der Waals surface area contributed by atoms with Gasteiger partial charge in [0, 0.05) is 18.8 Å². The molecule has 0 aromatic carbocycles. The minimum absolute atomic E-state index is 0.440. The topological polar surface area (TPSA) is 42.2 Å². The van der Waals surface area contributed by atoms with Gasteiger partial charge in [0.2, 0.25) is 0 Å². The van der Waals surface area contributed by atoms with Gasteiger partial charge >= 0.3 is 0 Å². The van der Waals surface area contributed by atoms with Crippen molar-refractivity contribution in [3.05, 3.63) is 23.9 Å². The summed E-state index contributed by atoms with van der Waals surface area (Å²) < 4.78 is 0. The second-order valence-electron chi connectivity index (χ2n) is 5.72. The molecule has 1 aliphatic rings. The van der Waals surface area contributed by atoms with Gasteiger partial charge in [-0.15, -0.1) is 0 Å². The number of pyridine rings is 1. The van der Waals surface area contributed by atoms with Crippen LogP contribution in [0.3, 0.4) is 0 Å². The molecule has 104 valence electrons. The molecule has 3 nitrogen and oxygen atoms in total. The highest BCUT2D eigenvalue weighted by Gasteiger charge is 2.26. The van der Waals surface area contributed by atoms with Gasteiger partial charge in [-0.05, 0) is 30.9 Å².